The van der Waals surface area contributed by atoms with E-state index in [0.29, 0.717) is 27.4 Å². The molecule has 10 nitrogen and oxygen atoms in total. The molecule has 3 atom stereocenters. The molecule has 298 valence electrons. The Bertz CT molecular complexity index is 2660. The Morgan fingerprint density at radius 2 is 1.70 bits per heavy atom. The van der Waals surface area contributed by atoms with Crippen molar-refractivity contribution in [2.45, 2.75) is 58.0 Å². The minimum absolute atomic E-state index is 0.0699. The first kappa shape index (κ1) is 39.9. The molecule has 5 aromatic rings. The topological polar surface area (TPSA) is 124 Å². The second-order valence-corrected chi connectivity index (χ2v) is 17.2. The number of allylic oxidation sites excluding steroid dienone is 2. The molecule has 0 saturated carbocycles. The zero-order valence-electron chi connectivity index (χ0n) is 30.9. The van der Waals surface area contributed by atoms with Crippen LogP contribution in [0.4, 0.5) is 32.2 Å². The molecular formula is C39H34ClF6N7O3S. The number of carbonyl (C=O) groups is 1. The van der Waals surface area contributed by atoms with Crippen LogP contribution in [0.15, 0.2) is 54.6 Å². The number of aromatic nitrogens is 5. The number of sulfonamides is 1. The first-order valence-corrected chi connectivity index (χ1v) is 19.8. The van der Waals surface area contributed by atoms with E-state index in [9.17, 15) is 30.8 Å². The van der Waals surface area contributed by atoms with Gasteiger partial charge in [0.15, 0.2) is 5.82 Å². The van der Waals surface area contributed by atoms with Gasteiger partial charge < -0.3 is 5.32 Å². The molecule has 18 heteroatoms. The van der Waals surface area contributed by atoms with Crippen molar-refractivity contribution in [3.05, 3.63) is 105 Å². The molecule has 2 aliphatic carbocycles. The van der Waals surface area contributed by atoms with E-state index in [1.54, 1.807) is 25.2 Å². The number of nitrogens with zero attached hydrogens (tertiary/aromatic N) is 5. The fraction of sp³-hybridized carbons (Fsp3) is 0.333. The molecule has 0 unspecified atom stereocenters. The van der Waals surface area contributed by atoms with E-state index in [1.165, 1.54) is 22.9 Å². The summed E-state index contributed by atoms with van der Waals surface area (Å²) in [5.41, 5.74) is -0.951. The highest BCUT2D eigenvalue weighted by molar-refractivity contribution is 7.92. The number of hydrogen-bond donors (Lipinski definition) is 2. The second-order valence-electron chi connectivity index (χ2n) is 15.1. The van der Waals surface area contributed by atoms with Gasteiger partial charge in [-0.3, -0.25) is 18.9 Å². The van der Waals surface area contributed by atoms with Crippen molar-refractivity contribution in [2.75, 3.05) is 11.0 Å². The summed E-state index contributed by atoms with van der Waals surface area (Å²) < 4.78 is 117. The molecule has 2 N–H and O–H groups in total. The summed E-state index contributed by atoms with van der Waals surface area (Å²) in [4.78, 5) is 18.8. The number of carbonyl (C=O) groups excluding carboxylic acids is 1. The van der Waals surface area contributed by atoms with E-state index >= 15 is 8.78 Å². The number of amides is 1. The lowest BCUT2D eigenvalue weighted by Gasteiger charge is -2.27. The molecule has 0 aliphatic heterocycles. The number of hydrogen-bond acceptors (Lipinski definition) is 6. The van der Waals surface area contributed by atoms with Crippen LogP contribution in [0.3, 0.4) is 0 Å². The van der Waals surface area contributed by atoms with E-state index < -0.39 is 81.1 Å². The highest BCUT2D eigenvalue weighted by atomic mass is 35.5. The number of nitrogens with one attached hydrogen (secondary N) is 2. The van der Waals surface area contributed by atoms with Crippen LogP contribution in [0.2, 0.25) is 5.02 Å². The molecular weight excluding hydrogens is 796 g/mol. The van der Waals surface area contributed by atoms with Gasteiger partial charge in [0.2, 0.25) is 15.9 Å². The van der Waals surface area contributed by atoms with E-state index in [4.69, 9.17) is 16.6 Å². The van der Waals surface area contributed by atoms with Crippen molar-refractivity contribution in [2.24, 2.45) is 18.4 Å². The van der Waals surface area contributed by atoms with E-state index in [1.807, 2.05) is 20.8 Å². The third kappa shape index (κ3) is 7.72. The summed E-state index contributed by atoms with van der Waals surface area (Å²) in [7, 11) is -2.26. The van der Waals surface area contributed by atoms with Crippen molar-refractivity contribution in [3.63, 3.8) is 0 Å². The van der Waals surface area contributed by atoms with Crippen LogP contribution in [0, 0.1) is 34.8 Å². The average molecular weight is 830 g/mol. The molecule has 57 heavy (non-hydrogen) atoms. The maximum atomic E-state index is 15.6. The van der Waals surface area contributed by atoms with Gasteiger partial charge in [0.1, 0.15) is 35.3 Å². The first-order chi connectivity index (χ1) is 26.6. The van der Waals surface area contributed by atoms with Gasteiger partial charge in [0, 0.05) is 41.1 Å². The van der Waals surface area contributed by atoms with Crippen LogP contribution >= 0.6 is 11.6 Å². The quantitative estimate of drug-likeness (QED) is 0.0838. The van der Waals surface area contributed by atoms with Gasteiger partial charge in [-0.25, -0.2) is 31.0 Å². The largest absolute Gasteiger partial charge is 0.346 e. The van der Waals surface area contributed by atoms with Crippen molar-refractivity contribution in [1.29, 1.82) is 0 Å². The van der Waals surface area contributed by atoms with Gasteiger partial charge in [0.05, 0.1) is 39.8 Å². The van der Waals surface area contributed by atoms with E-state index in [0.717, 1.165) is 18.4 Å². The van der Waals surface area contributed by atoms with E-state index in [2.05, 4.69) is 32.1 Å². The Labute approximate surface area is 328 Å². The summed E-state index contributed by atoms with van der Waals surface area (Å²) in [6, 6.07) is 7.85. The van der Waals surface area contributed by atoms with Gasteiger partial charge in [-0.15, -0.1) is 0 Å². The van der Waals surface area contributed by atoms with Gasteiger partial charge in [-0.1, -0.05) is 35.7 Å². The van der Waals surface area contributed by atoms with Crippen molar-refractivity contribution < 1.29 is 39.6 Å². The van der Waals surface area contributed by atoms with Crippen LogP contribution in [-0.2, 0) is 40.8 Å². The normalized spacial score (nSPS) is 17.5. The molecule has 2 aliphatic rings. The predicted molar refractivity (Wildman–Crippen MR) is 201 cm³/mol. The Balaban J connectivity index is 1.39. The standard InChI is InChI=1S/C39H34ClF6N7O3S/c1-38(2,3)13-12-22-6-7-23(24-9-11-27(40)31-34(24)52(4)50-37(31)51-57(5,55)56)32(47-22)28(16-19-14-20(41)17-21(42)15-19)48-29(54)18-53-35-30(33(49-53)36(43)44)25-8-10-26(25)39(35,45)46/h6-11,14-15,17,25-26,28,36H,16,18H2,1-5H3,(H,48,54)(H,50,51)/t25-,26+,28-/m0/s1. The number of fused-ring (bicyclic) bond motifs is 4. The molecule has 1 amide bonds. The van der Waals surface area contributed by atoms with Crippen LogP contribution in [0.5, 0.6) is 0 Å². The summed E-state index contributed by atoms with van der Waals surface area (Å²) in [6.07, 6.45) is 0.0829. The SMILES string of the molecule is Cn1nc(NS(C)(=O)=O)c2c(Cl)ccc(-c3ccc(C#CC(C)(C)C)nc3[C@H](Cc3cc(F)cc(F)c3)NC(=O)Cn3nc(C(F)F)c4c3C(F)(F)[C@@H]3C=C[C@H]43)c21. The zero-order valence-corrected chi connectivity index (χ0v) is 32.5. The Kier molecular flexibility index (Phi) is 9.96. The number of anilines is 1. The van der Waals surface area contributed by atoms with Crippen molar-refractivity contribution in [1.82, 2.24) is 29.9 Å². The van der Waals surface area contributed by atoms with Crippen LogP contribution in [0.1, 0.15) is 73.1 Å². The van der Waals surface area contributed by atoms with Gasteiger partial charge in [0.25, 0.3) is 12.3 Å². The fourth-order valence-corrected chi connectivity index (χ4v) is 7.99. The fourth-order valence-electron chi connectivity index (χ4n) is 7.25. The first-order valence-electron chi connectivity index (χ1n) is 17.5. The monoisotopic (exact) mass is 829 g/mol. The minimum atomic E-state index is -3.81. The number of alkyl halides is 4. The highest BCUT2D eigenvalue weighted by Crippen LogP contribution is 2.60. The van der Waals surface area contributed by atoms with Crippen LogP contribution < -0.4 is 10.0 Å². The maximum Gasteiger partial charge on any atom is 0.296 e. The number of pyridine rings is 1. The highest BCUT2D eigenvalue weighted by Gasteiger charge is 2.60. The third-order valence-corrected chi connectivity index (χ3v) is 10.4. The summed E-state index contributed by atoms with van der Waals surface area (Å²) >= 11 is 6.60. The molecule has 3 aromatic heterocycles. The van der Waals surface area contributed by atoms with Crippen LogP contribution in [0.25, 0.3) is 22.0 Å². The molecule has 0 spiro atoms. The molecule has 2 aromatic carbocycles. The minimum Gasteiger partial charge on any atom is -0.346 e. The molecule has 0 radical (unpaired) electrons. The molecule has 0 saturated heterocycles. The predicted octanol–water partition coefficient (Wildman–Crippen LogP) is 7.95. The van der Waals surface area contributed by atoms with Crippen LogP contribution in [-0.4, -0.2) is 45.1 Å². The summed E-state index contributed by atoms with van der Waals surface area (Å²) in [5, 5.41) is 11.2. The molecule has 7 rings (SSSR count). The van der Waals surface area contributed by atoms with Gasteiger partial charge in [-0.05, 0) is 69.0 Å². The maximum absolute atomic E-state index is 15.6. The smallest absolute Gasteiger partial charge is 0.296 e. The summed E-state index contributed by atoms with van der Waals surface area (Å²) in [6.45, 7) is 4.72. The van der Waals surface area contributed by atoms with Crippen molar-refractivity contribution in [3.8, 4) is 23.0 Å². The van der Waals surface area contributed by atoms with Gasteiger partial charge >= 0.3 is 0 Å². The number of rotatable bonds is 10. The Morgan fingerprint density at radius 1 is 1.02 bits per heavy atom. The zero-order chi connectivity index (χ0) is 41.4. The Hall–Kier alpha value is -5.34. The van der Waals surface area contributed by atoms with Gasteiger partial charge in [-0.2, -0.15) is 19.0 Å². The summed E-state index contributed by atoms with van der Waals surface area (Å²) in [5.74, 6) is -2.68. The lowest BCUT2D eigenvalue weighted by atomic mass is 9.81. The average Bonchev–Trinajstić information content (AvgIpc) is 3.63. The number of halogens is 7. The Morgan fingerprint density at radius 3 is 2.32 bits per heavy atom. The lowest BCUT2D eigenvalue weighted by molar-refractivity contribution is -0.123. The molecule has 0 fully saturated rings. The van der Waals surface area contributed by atoms with Crippen molar-refractivity contribution >= 4 is 44.3 Å². The third-order valence-electron chi connectivity index (χ3n) is 9.53. The van der Waals surface area contributed by atoms with E-state index in [-0.39, 0.29) is 45.2 Å². The number of benzene rings is 2. The lowest BCUT2D eigenvalue weighted by Crippen LogP contribution is -2.35. The number of aryl methyl sites for hydroxylation is 1. The molecule has 3 heterocycles. The second kappa shape index (κ2) is 14.2. The molecule has 0 bridgehead atoms.